The number of carbonyl (C=O) groups excluding carboxylic acids is 2. The molecule has 0 bridgehead atoms. The number of hydrogen-bond acceptors (Lipinski definition) is 2. The maximum absolute atomic E-state index is 10.1. The molecule has 2 nitrogen and oxygen atoms in total. The molecule has 0 saturated carbocycles. The van der Waals surface area contributed by atoms with Crippen LogP contribution >= 0.6 is 0 Å². The first-order valence-corrected chi connectivity index (χ1v) is 7.49. The Bertz CT molecular complexity index is 309. The number of aldehydes is 2. The fourth-order valence-corrected chi connectivity index (χ4v) is 1.61. The van der Waals surface area contributed by atoms with Gasteiger partial charge in [0.2, 0.25) is 0 Å². The Balaban J connectivity index is 0. The first-order valence-electron chi connectivity index (χ1n) is 7.49. The molecule has 2 heteroatoms. The largest absolute Gasteiger partial charge is 0.303 e. The van der Waals surface area contributed by atoms with Crippen molar-refractivity contribution in [1.82, 2.24) is 0 Å². The average Bonchev–Trinajstić information content (AvgIpc) is 2.37. The summed E-state index contributed by atoms with van der Waals surface area (Å²) in [4.78, 5) is 20.1. The SMILES string of the molecule is C/C=C(\C)CC(C)CC=O.CC(C)=CCC(C)CC=O. The lowest BCUT2D eigenvalue weighted by Gasteiger charge is -2.06. The molecule has 0 spiro atoms. The van der Waals surface area contributed by atoms with Crippen molar-refractivity contribution >= 4 is 12.6 Å². The van der Waals surface area contributed by atoms with Gasteiger partial charge in [-0.05, 0) is 52.4 Å². The second-order valence-corrected chi connectivity index (χ2v) is 5.87. The monoisotopic (exact) mass is 280 g/mol. The first-order chi connectivity index (χ1) is 9.37. The molecule has 0 saturated heterocycles. The lowest BCUT2D eigenvalue weighted by atomic mass is 10.00. The van der Waals surface area contributed by atoms with E-state index in [9.17, 15) is 9.59 Å². The maximum Gasteiger partial charge on any atom is 0.120 e. The first kappa shape index (κ1) is 21.1. The minimum atomic E-state index is 0.507. The van der Waals surface area contributed by atoms with Crippen molar-refractivity contribution in [2.75, 3.05) is 0 Å². The summed E-state index contributed by atoms with van der Waals surface area (Å²) in [7, 11) is 0. The summed E-state index contributed by atoms with van der Waals surface area (Å²) in [5, 5.41) is 0. The summed E-state index contributed by atoms with van der Waals surface area (Å²) < 4.78 is 0. The van der Waals surface area contributed by atoms with Crippen molar-refractivity contribution in [3.05, 3.63) is 23.3 Å². The van der Waals surface area contributed by atoms with Crippen LogP contribution in [0.4, 0.5) is 0 Å². The summed E-state index contributed by atoms with van der Waals surface area (Å²) in [5.74, 6) is 1.01. The van der Waals surface area contributed by atoms with Crippen LogP contribution in [0, 0.1) is 11.8 Å². The highest BCUT2D eigenvalue weighted by molar-refractivity contribution is 5.49. The second kappa shape index (κ2) is 14.2. The summed E-state index contributed by atoms with van der Waals surface area (Å²) >= 11 is 0. The Kier molecular flexibility index (Phi) is 15.0. The quantitative estimate of drug-likeness (QED) is 0.456. The van der Waals surface area contributed by atoms with Crippen LogP contribution in [0.2, 0.25) is 0 Å². The molecule has 0 aromatic rings. The number of rotatable bonds is 8. The Morgan fingerprint density at radius 3 is 1.80 bits per heavy atom. The van der Waals surface area contributed by atoms with Gasteiger partial charge in [-0.25, -0.2) is 0 Å². The lowest BCUT2D eigenvalue weighted by molar-refractivity contribution is -0.109. The Labute approximate surface area is 125 Å². The van der Waals surface area contributed by atoms with Gasteiger partial charge in [0.15, 0.2) is 0 Å². The van der Waals surface area contributed by atoms with Crippen LogP contribution in [0.5, 0.6) is 0 Å². The molecule has 0 radical (unpaired) electrons. The number of hydrogen-bond donors (Lipinski definition) is 0. The van der Waals surface area contributed by atoms with Gasteiger partial charge in [0.25, 0.3) is 0 Å². The van der Waals surface area contributed by atoms with Gasteiger partial charge in [0, 0.05) is 12.8 Å². The zero-order valence-electron chi connectivity index (χ0n) is 14.1. The van der Waals surface area contributed by atoms with Crippen molar-refractivity contribution in [3.8, 4) is 0 Å². The smallest absolute Gasteiger partial charge is 0.120 e. The second-order valence-electron chi connectivity index (χ2n) is 5.87. The van der Waals surface area contributed by atoms with Gasteiger partial charge in [-0.1, -0.05) is 37.1 Å². The number of allylic oxidation sites excluding steroid dienone is 4. The van der Waals surface area contributed by atoms with E-state index in [1.54, 1.807) is 0 Å². The molecule has 0 fully saturated rings. The predicted molar refractivity (Wildman–Crippen MR) is 87.8 cm³/mol. The predicted octanol–water partition coefficient (Wildman–Crippen LogP) is 5.14. The normalized spacial score (nSPS) is 13.6. The lowest BCUT2D eigenvalue weighted by Crippen LogP contribution is -1.95. The summed E-state index contributed by atoms with van der Waals surface area (Å²) in [6.45, 7) is 12.5. The van der Waals surface area contributed by atoms with Gasteiger partial charge in [-0.3, -0.25) is 0 Å². The summed E-state index contributed by atoms with van der Waals surface area (Å²) in [6, 6.07) is 0. The van der Waals surface area contributed by atoms with Gasteiger partial charge < -0.3 is 9.59 Å². The maximum atomic E-state index is 10.1. The molecule has 0 rings (SSSR count). The average molecular weight is 280 g/mol. The van der Waals surface area contributed by atoms with Crippen LogP contribution in [0.15, 0.2) is 23.3 Å². The fourth-order valence-electron chi connectivity index (χ4n) is 1.61. The Morgan fingerprint density at radius 1 is 0.900 bits per heavy atom. The van der Waals surface area contributed by atoms with Gasteiger partial charge >= 0.3 is 0 Å². The standard InChI is InChI=1S/2C9H16O/c1-8(2)4-5-9(3)6-7-10;1-4-8(2)7-9(3)5-6-10/h4,7,9H,5-6H2,1-3H3;4,6,9H,5,7H2,1-3H3/b;8-4+. The van der Waals surface area contributed by atoms with Crippen molar-refractivity contribution < 1.29 is 9.59 Å². The van der Waals surface area contributed by atoms with Gasteiger partial charge in [0.1, 0.15) is 12.6 Å². The molecule has 0 heterocycles. The van der Waals surface area contributed by atoms with Crippen LogP contribution < -0.4 is 0 Å². The van der Waals surface area contributed by atoms with E-state index in [4.69, 9.17) is 0 Å². The minimum Gasteiger partial charge on any atom is -0.303 e. The van der Waals surface area contributed by atoms with E-state index in [0.717, 1.165) is 25.4 Å². The van der Waals surface area contributed by atoms with E-state index in [1.165, 1.54) is 11.1 Å². The van der Waals surface area contributed by atoms with E-state index in [-0.39, 0.29) is 0 Å². The van der Waals surface area contributed by atoms with Crippen molar-refractivity contribution in [3.63, 3.8) is 0 Å². The zero-order valence-corrected chi connectivity index (χ0v) is 14.1. The van der Waals surface area contributed by atoms with E-state index >= 15 is 0 Å². The van der Waals surface area contributed by atoms with Crippen LogP contribution in [0.25, 0.3) is 0 Å². The molecule has 0 aliphatic carbocycles. The third-order valence-corrected chi connectivity index (χ3v) is 3.09. The molecule has 0 aromatic heterocycles. The molecule has 20 heavy (non-hydrogen) atoms. The number of carbonyl (C=O) groups is 2. The van der Waals surface area contributed by atoms with Gasteiger partial charge in [0.05, 0.1) is 0 Å². The third kappa shape index (κ3) is 16.8. The molecule has 116 valence electrons. The van der Waals surface area contributed by atoms with Crippen molar-refractivity contribution in [2.24, 2.45) is 11.8 Å². The highest BCUT2D eigenvalue weighted by Crippen LogP contribution is 2.12. The molecule has 0 N–H and O–H groups in total. The van der Waals surface area contributed by atoms with Crippen LogP contribution in [-0.2, 0) is 9.59 Å². The van der Waals surface area contributed by atoms with Crippen LogP contribution in [0.1, 0.15) is 67.2 Å². The van der Waals surface area contributed by atoms with Crippen molar-refractivity contribution in [2.45, 2.75) is 67.2 Å². The fraction of sp³-hybridized carbons (Fsp3) is 0.667. The van der Waals surface area contributed by atoms with E-state index < -0.39 is 0 Å². The highest BCUT2D eigenvalue weighted by Gasteiger charge is 2.00. The topological polar surface area (TPSA) is 34.1 Å². The molecule has 0 amide bonds. The van der Waals surface area contributed by atoms with E-state index in [0.29, 0.717) is 24.7 Å². The molecule has 0 aliphatic heterocycles. The molecular formula is C18H32O2. The molecule has 0 aliphatic rings. The van der Waals surface area contributed by atoms with E-state index in [1.807, 2.05) is 6.92 Å². The summed E-state index contributed by atoms with van der Waals surface area (Å²) in [6.07, 6.45) is 9.71. The Morgan fingerprint density at radius 2 is 1.40 bits per heavy atom. The Hall–Kier alpha value is -1.18. The van der Waals surface area contributed by atoms with Crippen LogP contribution in [0.3, 0.4) is 0 Å². The van der Waals surface area contributed by atoms with Crippen molar-refractivity contribution in [1.29, 1.82) is 0 Å². The van der Waals surface area contributed by atoms with Gasteiger partial charge in [-0.15, -0.1) is 0 Å². The summed E-state index contributed by atoms with van der Waals surface area (Å²) in [5.41, 5.74) is 2.70. The molecule has 0 aromatic carbocycles. The molecule has 2 unspecified atom stereocenters. The zero-order chi connectivity index (χ0) is 16.0. The van der Waals surface area contributed by atoms with Gasteiger partial charge in [-0.2, -0.15) is 0 Å². The molecule has 2 atom stereocenters. The van der Waals surface area contributed by atoms with Crippen LogP contribution in [-0.4, -0.2) is 12.6 Å². The third-order valence-electron chi connectivity index (χ3n) is 3.09. The highest BCUT2D eigenvalue weighted by atomic mass is 16.1. The molecular weight excluding hydrogens is 248 g/mol. The van der Waals surface area contributed by atoms with E-state index in [2.05, 4.69) is 46.8 Å². The minimum absolute atomic E-state index is 0.507.